The highest BCUT2D eigenvalue weighted by molar-refractivity contribution is 5.95. The Morgan fingerprint density at radius 2 is 0.733 bits per heavy atom. The van der Waals surface area contributed by atoms with Crippen LogP contribution in [0.1, 0.15) is 5.56 Å². The lowest BCUT2D eigenvalue weighted by Gasteiger charge is -2.14. The molecule has 0 aliphatic rings. The topological polar surface area (TPSA) is 88.2 Å². The molecule has 10 aromatic rings. The number of para-hydroxylation sites is 1. The molecule has 0 spiro atoms. The molecule has 8 aromatic carbocycles. The lowest BCUT2D eigenvalue weighted by atomic mass is 9.94. The van der Waals surface area contributed by atoms with Crippen molar-refractivity contribution in [2.45, 2.75) is 0 Å². The zero-order valence-corrected chi connectivity index (χ0v) is 32.3. The minimum absolute atomic E-state index is 0.546. The number of aromatic nitrogens is 5. The highest BCUT2D eigenvalue weighted by Crippen LogP contribution is 2.38. The molecule has 0 radical (unpaired) electrons. The standard InChI is InChI=1S/C54H34N6/c55-35-36-16-13-23-41(32-36)44-26-7-9-28-46(44)53-58-52(38-19-5-2-6-20-38)59-54(60-53)47-29-10-8-27-45(47)42-24-14-21-39(33-42)40-22-15-25-43(34-40)50-48-30-11-12-31-49(48)56-51(57-50)37-17-3-1-4-18-37/h1-34H. The van der Waals surface area contributed by atoms with Crippen LogP contribution in [-0.2, 0) is 0 Å². The van der Waals surface area contributed by atoms with Crippen LogP contribution in [0.2, 0.25) is 0 Å². The van der Waals surface area contributed by atoms with Crippen molar-refractivity contribution >= 4 is 10.9 Å². The minimum Gasteiger partial charge on any atom is -0.228 e. The Hall–Kier alpha value is -8.40. The second kappa shape index (κ2) is 15.9. The Morgan fingerprint density at radius 1 is 0.300 bits per heavy atom. The summed E-state index contributed by atoms with van der Waals surface area (Å²) in [5.74, 6) is 2.38. The van der Waals surface area contributed by atoms with Crippen LogP contribution in [0.25, 0.3) is 101 Å². The second-order valence-corrected chi connectivity index (χ2v) is 14.4. The average Bonchev–Trinajstić information content (AvgIpc) is 3.34. The van der Waals surface area contributed by atoms with Crippen LogP contribution in [0.15, 0.2) is 206 Å². The summed E-state index contributed by atoms with van der Waals surface area (Å²) in [6, 6.07) is 71.7. The van der Waals surface area contributed by atoms with Crippen molar-refractivity contribution in [2.24, 2.45) is 0 Å². The number of hydrogen-bond donors (Lipinski definition) is 0. The van der Waals surface area contributed by atoms with Gasteiger partial charge in [-0.3, -0.25) is 0 Å². The van der Waals surface area contributed by atoms with Crippen LogP contribution >= 0.6 is 0 Å². The molecule has 0 saturated carbocycles. The molecule has 0 aliphatic heterocycles. The minimum atomic E-state index is 0.546. The Morgan fingerprint density at radius 3 is 1.35 bits per heavy atom. The molecule has 0 aliphatic carbocycles. The SMILES string of the molecule is N#Cc1cccc(-c2ccccc2-c2nc(-c3ccccc3)nc(-c3ccccc3-c3cccc(-c4cccc(-c5nc(-c6ccccc6)nc6ccccc56)c4)c3)n2)c1. The van der Waals surface area contributed by atoms with Crippen LogP contribution in [0.3, 0.4) is 0 Å². The van der Waals surface area contributed by atoms with Crippen molar-refractivity contribution in [2.75, 3.05) is 0 Å². The second-order valence-electron chi connectivity index (χ2n) is 14.4. The molecule has 2 aromatic heterocycles. The van der Waals surface area contributed by atoms with Gasteiger partial charge in [-0.2, -0.15) is 5.26 Å². The molecule has 0 saturated heterocycles. The summed E-state index contributed by atoms with van der Waals surface area (Å²) >= 11 is 0. The van der Waals surface area contributed by atoms with Gasteiger partial charge < -0.3 is 0 Å². The monoisotopic (exact) mass is 766 g/mol. The molecule has 0 bridgehead atoms. The van der Waals surface area contributed by atoms with E-state index in [0.29, 0.717) is 28.9 Å². The first-order valence-corrected chi connectivity index (χ1v) is 19.7. The Labute approximate surface area is 347 Å². The quantitative estimate of drug-likeness (QED) is 0.153. The first-order chi connectivity index (χ1) is 29.7. The summed E-state index contributed by atoms with van der Waals surface area (Å²) in [6.45, 7) is 0. The molecule has 0 atom stereocenters. The van der Waals surface area contributed by atoms with Crippen molar-refractivity contribution in [1.82, 2.24) is 24.9 Å². The Bertz CT molecular complexity index is 3230. The van der Waals surface area contributed by atoms with E-state index in [1.54, 1.807) is 0 Å². The van der Waals surface area contributed by atoms with E-state index in [2.05, 4.69) is 72.8 Å². The third kappa shape index (κ3) is 7.08. The average molecular weight is 767 g/mol. The molecular weight excluding hydrogens is 733 g/mol. The summed E-state index contributed by atoms with van der Waals surface area (Å²) in [5.41, 5.74) is 13.0. The van der Waals surface area contributed by atoms with Crippen molar-refractivity contribution in [3.63, 3.8) is 0 Å². The molecule has 6 nitrogen and oxygen atoms in total. The van der Waals surface area contributed by atoms with Gasteiger partial charge >= 0.3 is 0 Å². The fraction of sp³-hybridized carbons (Fsp3) is 0. The largest absolute Gasteiger partial charge is 0.228 e. The van der Waals surface area contributed by atoms with Gasteiger partial charge in [0.05, 0.1) is 22.8 Å². The maximum absolute atomic E-state index is 9.67. The van der Waals surface area contributed by atoms with Gasteiger partial charge in [0.2, 0.25) is 0 Å². The molecule has 6 heteroatoms. The van der Waals surface area contributed by atoms with Gasteiger partial charge in [0.15, 0.2) is 23.3 Å². The van der Waals surface area contributed by atoms with Crippen LogP contribution in [-0.4, -0.2) is 24.9 Å². The van der Waals surface area contributed by atoms with Crippen LogP contribution in [0.5, 0.6) is 0 Å². The molecule has 280 valence electrons. The zero-order chi connectivity index (χ0) is 40.3. The van der Waals surface area contributed by atoms with Gasteiger partial charge in [-0.05, 0) is 63.7 Å². The molecule has 0 unspecified atom stereocenters. The Balaban J connectivity index is 1.08. The molecular formula is C54H34N6. The van der Waals surface area contributed by atoms with Gasteiger partial charge in [-0.15, -0.1) is 0 Å². The normalized spacial score (nSPS) is 11.0. The zero-order valence-electron chi connectivity index (χ0n) is 32.3. The highest BCUT2D eigenvalue weighted by atomic mass is 15.0. The number of hydrogen-bond acceptors (Lipinski definition) is 6. The summed E-state index contributed by atoms with van der Waals surface area (Å²) in [5, 5.41) is 10.7. The lowest BCUT2D eigenvalue weighted by molar-refractivity contribution is 1.07. The van der Waals surface area contributed by atoms with E-state index in [-0.39, 0.29) is 0 Å². The number of rotatable bonds is 8. The van der Waals surface area contributed by atoms with E-state index >= 15 is 0 Å². The smallest absolute Gasteiger partial charge is 0.164 e. The van der Waals surface area contributed by atoms with Gasteiger partial charge in [-0.25, -0.2) is 24.9 Å². The molecule has 10 rings (SSSR count). The first kappa shape index (κ1) is 36.0. The molecule has 60 heavy (non-hydrogen) atoms. The number of benzene rings is 8. The van der Waals surface area contributed by atoms with Crippen molar-refractivity contribution in [1.29, 1.82) is 5.26 Å². The predicted octanol–water partition coefficient (Wildman–Crippen LogP) is 13.0. The van der Waals surface area contributed by atoms with E-state index < -0.39 is 0 Å². The van der Waals surface area contributed by atoms with E-state index in [4.69, 9.17) is 24.9 Å². The molecule has 2 heterocycles. The fourth-order valence-corrected chi connectivity index (χ4v) is 7.67. The van der Waals surface area contributed by atoms with E-state index in [1.807, 2.05) is 140 Å². The predicted molar refractivity (Wildman–Crippen MR) is 241 cm³/mol. The van der Waals surface area contributed by atoms with Crippen LogP contribution in [0, 0.1) is 11.3 Å². The number of nitriles is 1. The summed E-state index contributed by atoms with van der Waals surface area (Å²) in [7, 11) is 0. The van der Waals surface area contributed by atoms with Gasteiger partial charge in [-0.1, -0.05) is 176 Å². The molecule has 0 fully saturated rings. The highest BCUT2D eigenvalue weighted by Gasteiger charge is 2.19. The van der Waals surface area contributed by atoms with Gasteiger partial charge in [0, 0.05) is 33.2 Å². The maximum atomic E-state index is 9.67. The van der Waals surface area contributed by atoms with E-state index in [9.17, 15) is 5.26 Å². The maximum Gasteiger partial charge on any atom is 0.164 e. The third-order valence-corrected chi connectivity index (χ3v) is 10.6. The summed E-state index contributed by atoms with van der Waals surface area (Å²) in [6.07, 6.45) is 0. The Kier molecular flexibility index (Phi) is 9.51. The van der Waals surface area contributed by atoms with Gasteiger partial charge in [0.1, 0.15) is 0 Å². The first-order valence-electron chi connectivity index (χ1n) is 19.7. The van der Waals surface area contributed by atoms with E-state index in [0.717, 1.165) is 77.8 Å². The fourth-order valence-electron chi connectivity index (χ4n) is 7.67. The van der Waals surface area contributed by atoms with Crippen LogP contribution in [0.4, 0.5) is 0 Å². The summed E-state index contributed by atoms with van der Waals surface area (Å²) in [4.78, 5) is 25.4. The molecule has 0 N–H and O–H groups in total. The lowest BCUT2D eigenvalue weighted by Crippen LogP contribution is -2.02. The van der Waals surface area contributed by atoms with E-state index in [1.165, 1.54) is 0 Å². The molecule has 0 amide bonds. The van der Waals surface area contributed by atoms with Crippen molar-refractivity contribution in [3.05, 3.63) is 212 Å². The van der Waals surface area contributed by atoms with Crippen molar-refractivity contribution in [3.8, 4) is 96.3 Å². The van der Waals surface area contributed by atoms with Gasteiger partial charge in [0.25, 0.3) is 0 Å². The number of fused-ring (bicyclic) bond motifs is 1. The van der Waals surface area contributed by atoms with Crippen molar-refractivity contribution < 1.29 is 0 Å². The third-order valence-electron chi connectivity index (χ3n) is 10.6. The number of nitrogens with zero attached hydrogens (tertiary/aromatic N) is 6. The van der Waals surface area contributed by atoms with Crippen LogP contribution < -0.4 is 0 Å². The summed E-state index contributed by atoms with van der Waals surface area (Å²) < 4.78 is 0.